The van der Waals surface area contributed by atoms with Crippen LogP contribution in [-0.2, 0) is 20.9 Å². The van der Waals surface area contributed by atoms with Gasteiger partial charge in [0, 0.05) is 4.47 Å². The molecule has 1 aromatic carbocycles. The largest absolute Gasteiger partial charge is 0.469 e. The Balaban J connectivity index is 2.30. The zero-order chi connectivity index (χ0) is 12.0. The van der Waals surface area contributed by atoms with Gasteiger partial charge < -0.3 is 9.47 Å². The van der Waals surface area contributed by atoms with Crippen molar-refractivity contribution in [3.8, 4) is 0 Å². The molecule has 3 nitrogen and oxygen atoms in total. The maximum atomic E-state index is 11.1. The number of hydrogen-bond donors (Lipinski definition) is 0. The molecule has 0 saturated carbocycles. The minimum atomic E-state index is -0.240. The van der Waals surface area contributed by atoms with Crippen LogP contribution in [0.1, 0.15) is 12.5 Å². The fraction of sp³-hybridized carbons (Fsp3) is 0.417. The number of rotatable bonds is 5. The molecule has 0 aliphatic rings. The lowest BCUT2D eigenvalue weighted by Crippen LogP contribution is -2.18. The molecule has 0 bridgehead atoms. The fourth-order valence-corrected chi connectivity index (χ4v) is 1.47. The summed E-state index contributed by atoms with van der Waals surface area (Å²) in [6.45, 7) is 2.67. The van der Waals surface area contributed by atoms with Crippen molar-refractivity contribution in [3.05, 3.63) is 34.3 Å². The van der Waals surface area contributed by atoms with Crippen LogP contribution in [0, 0.1) is 5.92 Å². The SMILES string of the molecule is COC(=O)[C@H](C)COCc1ccc(Br)cc1. The Morgan fingerprint density at radius 1 is 1.38 bits per heavy atom. The minimum Gasteiger partial charge on any atom is -0.469 e. The van der Waals surface area contributed by atoms with Gasteiger partial charge in [-0.1, -0.05) is 28.1 Å². The first-order valence-electron chi connectivity index (χ1n) is 5.03. The van der Waals surface area contributed by atoms with E-state index in [0.29, 0.717) is 13.2 Å². The van der Waals surface area contributed by atoms with Gasteiger partial charge in [-0.15, -0.1) is 0 Å². The summed E-state index contributed by atoms with van der Waals surface area (Å²) >= 11 is 3.36. The molecule has 1 rings (SSSR count). The first-order chi connectivity index (χ1) is 7.63. The average Bonchev–Trinajstić information content (AvgIpc) is 2.30. The summed E-state index contributed by atoms with van der Waals surface area (Å²) in [4.78, 5) is 11.1. The Labute approximate surface area is 104 Å². The molecule has 16 heavy (non-hydrogen) atoms. The van der Waals surface area contributed by atoms with E-state index in [-0.39, 0.29) is 11.9 Å². The highest BCUT2D eigenvalue weighted by Crippen LogP contribution is 2.11. The number of halogens is 1. The molecule has 0 amide bonds. The predicted octanol–water partition coefficient (Wildman–Crippen LogP) is 2.77. The molecule has 0 saturated heterocycles. The lowest BCUT2D eigenvalue weighted by molar-refractivity contribution is -0.147. The fourth-order valence-electron chi connectivity index (χ4n) is 1.20. The van der Waals surface area contributed by atoms with Crippen molar-refractivity contribution in [3.63, 3.8) is 0 Å². The number of carbonyl (C=O) groups is 1. The molecular formula is C12H15BrO3. The molecule has 88 valence electrons. The monoisotopic (exact) mass is 286 g/mol. The van der Waals surface area contributed by atoms with Crippen LogP contribution < -0.4 is 0 Å². The first-order valence-corrected chi connectivity index (χ1v) is 5.83. The smallest absolute Gasteiger partial charge is 0.310 e. The summed E-state index contributed by atoms with van der Waals surface area (Å²) in [6.07, 6.45) is 0. The van der Waals surface area contributed by atoms with Gasteiger partial charge in [-0.3, -0.25) is 4.79 Å². The molecule has 0 radical (unpaired) electrons. The summed E-state index contributed by atoms with van der Waals surface area (Å²) < 4.78 is 11.1. The third-order valence-corrected chi connectivity index (χ3v) is 2.68. The maximum Gasteiger partial charge on any atom is 0.310 e. The van der Waals surface area contributed by atoms with Gasteiger partial charge in [0.2, 0.25) is 0 Å². The van der Waals surface area contributed by atoms with Crippen molar-refractivity contribution in [2.45, 2.75) is 13.5 Å². The van der Waals surface area contributed by atoms with E-state index >= 15 is 0 Å². The van der Waals surface area contributed by atoms with Gasteiger partial charge >= 0.3 is 5.97 Å². The van der Waals surface area contributed by atoms with Crippen LogP contribution in [0.2, 0.25) is 0 Å². The van der Waals surface area contributed by atoms with E-state index in [0.717, 1.165) is 10.0 Å². The predicted molar refractivity (Wildman–Crippen MR) is 65.0 cm³/mol. The standard InChI is InChI=1S/C12H15BrO3/c1-9(12(14)15-2)7-16-8-10-3-5-11(13)6-4-10/h3-6,9H,7-8H2,1-2H3/t9-/m1/s1. The number of carbonyl (C=O) groups excluding carboxylic acids is 1. The maximum absolute atomic E-state index is 11.1. The van der Waals surface area contributed by atoms with Crippen molar-refractivity contribution in [1.82, 2.24) is 0 Å². The van der Waals surface area contributed by atoms with Gasteiger partial charge in [-0.05, 0) is 24.6 Å². The number of esters is 1. The number of ether oxygens (including phenoxy) is 2. The molecule has 0 aliphatic carbocycles. The van der Waals surface area contributed by atoms with Crippen molar-refractivity contribution in [1.29, 1.82) is 0 Å². The Bertz CT molecular complexity index is 335. The van der Waals surface area contributed by atoms with Crippen LogP contribution in [0.4, 0.5) is 0 Å². The highest BCUT2D eigenvalue weighted by molar-refractivity contribution is 9.10. The van der Waals surface area contributed by atoms with E-state index in [1.54, 1.807) is 6.92 Å². The zero-order valence-corrected chi connectivity index (χ0v) is 11.0. The molecular weight excluding hydrogens is 272 g/mol. The first kappa shape index (κ1) is 13.2. The Kier molecular flexibility index (Phi) is 5.49. The summed E-state index contributed by atoms with van der Waals surface area (Å²) in [5, 5.41) is 0. The highest BCUT2D eigenvalue weighted by Gasteiger charge is 2.12. The molecule has 0 fully saturated rings. The summed E-state index contributed by atoms with van der Waals surface area (Å²) in [7, 11) is 1.38. The molecule has 0 heterocycles. The number of hydrogen-bond acceptors (Lipinski definition) is 3. The van der Waals surface area contributed by atoms with Gasteiger partial charge in [0.1, 0.15) is 0 Å². The van der Waals surface area contributed by atoms with Gasteiger partial charge in [-0.2, -0.15) is 0 Å². The van der Waals surface area contributed by atoms with E-state index in [9.17, 15) is 4.79 Å². The second-order valence-electron chi connectivity index (χ2n) is 3.57. The molecule has 0 unspecified atom stereocenters. The van der Waals surface area contributed by atoms with Gasteiger partial charge in [0.05, 0.1) is 26.2 Å². The van der Waals surface area contributed by atoms with E-state index in [1.165, 1.54) is 7.11 Å². The van der Waals surface area contributed by atoms with Crippen LogP contribution in [0.3, 0.4) is 0 Å². The Morgan fingerprint density at radius 3 is 2.56 bits per heavy atom. The van der Waals surface area contributed by atoms with Gasteiger partial charge in [0.25, 0.3) is 0 Å². The second kappa shape index (κ2) is 6.66. The topological polar surface area (TPSA) is 35.5 Å². The Morgan fingerprint density at radius 2 is 2.00 bits per heavy atom. The summed E-state index contributed by atoms with van der Waals surface area (Å²) in [5.41, 5.74) is 1.08. The Hall–Kier alpha value is -0.870. The van der Waals surface area contributed by atoms with E-state index in [2.05, 4.69) is 20.7 Å². The minimum absolute atomic E-state index is 0.222. The average molecular weight is 287 g/mol. The quantitative estimate of drug-likeness (QED) is 0.781. The van der Waals surface area contributed by atoms with Crippen molar-refractivity contribution >= 4 is 21.9 Å². The molecule has 4 heteroatoms. The normalized spacial score (nSPS) is 12.2. The van der Waals surface area contributed by atoms with Crippen LogP contribution in [0.15, 0.2) is 28.7 Å². The lowest BCUT2D eigenvalue weighted by atomic mass is 10.2. The van der Waals surface area contributed by atoms with Crippen LogP contribution in [-0.4, -0.2) is 19.7 Å². The molecule has 0 N–H and O–H groups in total. The molecule has 0 aromatic heterocycles. The van der Waals surface area contributed by atoms with Crippen molar-refractivity contribution in [2.24, 2.45) is 5.92 Å². The van der Waals surface area contributed by atoms with E-state index < -0.39 is 0 Å². The third kappa shape index (κ3) is 4.33. The summed E-state index contributed by atoms with van der Waals surface area (Å²) in [6, 6.07) is 7.88. The molecule has 0 aliphatic heterocycles. The van der Waals surface area contributed by atoms with Gasteiger partial charge in [0.15, 0.2) is 0 Å². The molecule has 1 aromatic rings. The van der Waals surface area contributed by atoms with E-state index in [1.807, 2.05) is 24.3 Å². The van der Waals surface area contributed by atoms with Crippen LogP contribution in [0.25, 0.3) is 0 Å². The molecule has 1 atom stereocenters. The molecule has 0 spiro atoms. The number of benzene rings is 1. The highest BCUT2D eigenvalue weighted by atomic mass is 79.9. The van der Waals surface area contributed by atoms with Crippen molar-refractivity contribution < 1.29 is 14.3 Å². The lowest BCUT2D eigenvalue weighted by Gasteiger charge is -2.09. The van der Waals surface area contributed by atoms with Crippen molar-refractivity contribution in [2.75, 3.05) is 13.7 Å². The zero-order valence-electron chi connectivity index (χ0n) is 9.40. The van der Waals surface area contributed by atoms with Crippen LogP contribution in [0.5, 0.6) is 0 Å². The van der Waals surface area contributed by atoms with Crippen LogP contribution >= 0.6 is 15.9 Å². The second-order valence-corrected chi connectivity index (χ2v) is 4.48. The summed E-state index contributed by atoms with van der Waals surface area (Å²) in [5.74, 6) is -0.462. The third-order valence-electron chi connectivity index (χ3n) is 2.15. The number of methoxy groups -OCH3 is 1. The van der Waals surface area contributed by atoms with Gasteiger partial charge in [-0.25, -0.2) is 0 Å². The van der Waals surface area contributed by atoms with E-state index in [4.69, 9.17) is 4.74 Å².